The molecule has 0 aliphatic heterocycles. The fourth-order valence-corrected chi connectivity index (χ4v) is 6.32. The van der Waals surface area contributed by atoms with Gasteiger partial charge in [0.15, 0.2) is 24.0 Å². The summed E-state index contributed by atoms with van der Waals surface area (Å²) < 4.78 is 119. The van der Waals surface area contributed by atoms with E-state index in [-0.39, 0.29) is 11.1 Å². The Labute approximate surface area is 229 Å². The highest BCUT2D eigenvalue weighted by Crippen LogP contribution is 2.46. The lowest BCUT2D eigenvalue weighted by atomic mass is 9.68. The Bertz CT molecular complexity index is 1110. The normalized spacial score (nSPS) is 24.1. The highest BCUT2D eigenvalue weighted by atomic mass is 19.4. The van der Waals surface area contributed by atoms with E-state index in [4.69, 9.17) is 4.74 Å². The smallest absolute Gasteiger partial charge is 0.422 e. The first kappa shape index (κ1) is 30.4. The number of hydrogen-bond acceptors (Lipinski definition) is 2. The molecule has 4 rings (SSSR count). The Morgan fingerprint density at radius 2 is 1.32 bits per heavy atom. The van der Waals surface area contributed by atoms with E-state index < -0.39 is 53.8 Å². The molecule has 2 aliphatic rings. The van der Waals surface area contributed by atoms with Crippen LogP contribution in [-0.4, -0.2) is 18.9 Å². The molecule has 10 heteroatoms. The van der Waals surface area contributed by atoms with Crippen molar-refractivity contribution in [2.45, 2.75) is 83.4 Å². The number of halogens is 8. The standard InChI is InChI=1S/C30H34F8O2/c1-2-3-18-4-6-19(7-5-18)20-8-10-22(11-9-20)30(37,38)40-23-12-13-24(25(31)16-23)21-14-26(32)28(27(33)15-21)39-17-29(34,35)36/h12-16,18-20,22H,2-11,17H2,1H3. The van der Waals surface area contributed by atoms with Gasteiger partial charge in [-0.25, -0.2) is 13.2 Å². The van der Waals surface area contributed by atoms with Crippen LogP contribution in [0.1, 0.15) is 71.1 Å². The van der Waals surface area contributed by atoms with E-state index >= 15 is 8.78 Å². The maximum absolute atomic E-state index is 15.0. The highest BCUT2D eigenvalue weighted by Gasteiger charge is 2.45. The molecule has 0 radical (unpaired) electrons. The van der Waals surface area contributed by atoms with Gasteiger partial charge in [-0.3, -0.25) is 0 Å². The minimum atomic E-state index is -4.81. The third kappa shape index (κ3) is 7.60. The van der Waals surface area contributed by atoms with Crippen molar-refractivity contribution in [3.63, 3.8) is 0 Å². The Morgan fingerprint density at radius 1 is 0.750 bits per heavy atom. The molecule has 0 spiro atoms. The first-order chi connectivity index (χ1) is 18.9. The van der Waals surface area contributed by atoms with Crippen LogP contribution in [0.2, 0.25) is 0 Å². The van der Waals surface area contributed by atoms with Crippen molar-refractivity contribution in [3.8, 4) is 22.6 Å². The molecule has 2 aliphatic carbocycles. The highest BCUT2D eigenvalue weighted by molar-refractivity contribution is 5.66. The van der Waals surface area contributed by atoms with Crippen molar-refractivity contribution in [1.82, 2.24) is 0 Å². The molecule has 2 fully saturated rings. The van der Waals surface area contributed by atoms with Crippen molar-refractivity contribution in [1.29, 1.82) is 0 Å². The predicted octanol–water partition coefficient (Wildman–Crippen LogP) is 10.1. The Hall–Kier alpha value is -2.52. The molecule has 40 heavy (non-hydrogen) atoms. The molecule has 2 nitrogen and oxygen atoms in total. The van der Waals surface area contributed by atoms with Gasteiger partial charge in [0.25, 0.3) is 0 Å². The Morgan fingerprint density at radius 3 is 1.85 bits per heavy atom. The van der Waals surface area contributed by atoms with Crippen molar-refractivity contribution in [3.05, 3.63) is 47.8 Å². The molecule has 0 bridgehead atoms. The van der Waals surface area contributed by atoms with Gasteiger partial charge in [0.05, 0.1) is 5.92 Å². The summed E-state index contributed by atoms with van der Waals surface area (Å²) in [5, 5.41) is 0. The Kier molecular flexibility index (Phi) is 9.55. The minimum absolute atomic E-state index is 0.314. The molecular weight excluding hydrogens is 544 g/mol. The minimum Gasteiger partial charge on any atom is -0.478 e. The summed E-state index contributed by atoms with van der Waals surface area (Å²) in [7, 11) is 0. The summed E-state index contributed by atoms with van der Waals surface area (Å²) in [5.41, 5.74) is -0.683. The van der Waals surface area contributed by atoms with Crippen LogP contribution < -0.4 is 9.47 Å². The molecule has 2 aromatic rings. The molecule has 0 N–H and O–H groups in total. The van der Waals surface area contributed by atoms with Crippen LogP contribution in [0, 0.1) is 41.1 Å². The first-order valence-corrected chi connectivity index (χ1v) is 13.9. The molecule has 0 aromatic heterocycles. The van der Waals surface area contributed by atoms with Gasteiger partial charge in [0.2, 0.25) is 0 Å². The predicted molar refractivity (Wildman–Crippen MR) is 135 cm³/mol. The summed E-state index contributed by atoms with van der Waals surface area (Å²) in [4.78, 5) is 0. The van der Waals surface area contributed by atoms with Gasteiger partial charge in [0, 0.05) is 11.6 Å². The fourth-order valence-electron chi connectivity index (χ4n) is 6.32. The molecule has 2 aromatic carbocycles. The average molecular weight is 579 g/mol. The van der Waals surface area contributed by atoms with Crippen LogP contribution in [0.4, 0.5) is 35.1 Å². The summed E-state index contributed by atoms with van der Waals surface area (Å²) in [6.45, 7) is 0.291. The number of ether oxygens (including phenoxy) is 2. The lowest BCUT2D eigenvalue weighted by Gasteiger charge is -2.39. The van der Waals surface area contributed by atoms with Crippen LogP contribution in [-0.2, 0) is 0 Å². The maximum Gasteiger partial charge on any atom is 0.422 e. The van der Waals surface area contributed by atoms with Gasteiger partial charge in [-0.1, -0.05) is 32.6 Å². The van der Waals surface area contributed by atoms with Crippen LogP contribution in [0.15, 0.2) is 30.3 Å². The number of alkyl halides is 5. The van der Waals surface area contributed by atoms with E-state index in [0.29, 0.717) is 55.7 Å². The topological polar surface area (TPSA) is 18.5 Å². The van der Waals surface area contributed by atoms with Crippen molar-refractivity contribution in [2.75, 3.05) is 6.61 Å². The molecule has 0 atom stereocenters. The molecule has 0 saturated heterocycles. The summed E-state index contributed by atoms with van der Waals surface area (Å²) >= 11 is 0. The number of hydrogen-bond donors (Lipinski definition) is 0. The van der Waals surface area contributed by atoms with Crippen LogP contribution >= 0.6 is 0 Å². The van der Waals surface area contributed by atoms with E-state index in [1.165, 1.54) is 25.7 Å². The quantitative estimate of drug-likeness (QED) is 0.276. The maximum atomic E-state index is 15.0. The summed E-state index contributed by atoms with van der Waals surface area (Å²) in [5.74, 6) is -4.88. The zero-order valence-corrected chi connectivity index (χ0v) is 22.3. The average Bonchev–Trinajstić information content (AvgIpc) is 2.88. The number of benzene rings is 2. The molecule has 0 heterocycles. The lowest BCUT2D eigenvalue weighted by Crippen LogP contribution is -2.38. The third-order valence-corrected chi connectivity index (χ3v) is 8.39. The fraction of sp³-hybridized carbons (Fsp3) is 0.600. The number of rotatable bonds is 9. The van der Waals surface area contributed by atoms with Gasteiger partial charge < -0.3 is 9.47 Å². The molecule has 2 saturated carbocycles. The Balaban J connectivity index is 1.36. The van der Waals surface area contributed by atoms with Crippen LogP contribution in [0.25, 0.3) is 11.1 Å². The zero-order valence-electron chi connectivity index (χ0n) is 22.3. The largest absolute Gasteiger partial charge is 0.478 e. The van der Waals surface area contributed by atoms with E-state index in [1.54, 1.807) is 0 Å². The van der Waals surface area contributed by atoms with E-state index in [1.807, 2.05) is 0 Å². The van der Waals surface area contributed by atoms with Crippen LogP contribution in [0.3, 0.4) is 0 Å². The van der Waals surface area contributed by atoms with Gasteiger partial charge in [-0.05, 0) is 86.1 Å². The van der Waals surface area contributed by atoms with Crippen molar-refractivity contribution in [2.24, 2.45) is 23.7 Å². The van der Waals surface area contributed by atoms with Crippen molar-refractivity contribution >= 4 is 0 Å². The van der Waals surface area contributed by atoms with Gasteiger partial charge in [0.1, 0.15) is 11.6 Å². The van der Waals surface area contributed by atoms with E-state index in [0.717, 1.165) is 30.9 Å². The monoisotopic (exact) mass is 578 g/mol. The molecular formula is C30H34F8O2. The van der Waals surface area contributed by atoms with E-state index in [2.05, 4.69) is 11.7 Å². The molecule has 0 unspecified atom stereocenters. The second kappa shape index (κ2) is 12.6. The molecule has 0 amide bonds. The second-order valence-electron chi connectivity index (χ2n) is 11.2. The molecule has 222 valence electrons. The van der Waals surface area contributed by atoms with Crippen molar-refractivity contribution < 1.29 is 44.6 Å². The van der Waals surface area contributed by atoms with Gasteiger partial charge in [-0.15, -0.1) is 0 Å². The second-order valence-corrected chi connectivity index (χ2v) is 11.2. The van der Waals surface area contributed by atoms with Gasteiger partial charge in [-0.2, -0.15) is 22.0 Å². The summed E-state index contributed by atoms with van der Waals surface area (Å²) in [6.07, 6.45) is 0.916. The van der Waals surface area contributed by atoms with E-state index in [9.17, 15) is 26.3 Å². The summed E-state index contributed by atoms with van der Waals surface area (Å²) in [6, 6.07) is 4.01. The SMILES string of the molecule is CCCC1CCC(C2CCC(C(F)(F)Oc3ccc(-c4cc(F)c(OCC(F)(F)F)c(F)c4)c(F)c3)CC2)CC1. The first-order valence-electron chi connectivity index (χ1n) is 13.9. The van der Waals surface area contributed by atoms with Crippen LogP contribution in [0.5, 0.6) is 11.5 Å². The third-order valence-electron chi connectivity index (χ3n) is 8.39. The van der Waals surface area contributed by atoms with Gasteiger partial charge >= 0.3 is 12.3 Å². The zero-order chi connectivity index (χ0) is 29.1. The lowest BCUT2D eigenvalue weighted by molar-refractivity contribution is -0.224.